The first-order valence-electron chi connectivity index (χ1n) is 6.43. The van der Waals surface area contributed by atoms with Crippen LogP contribution >= 0.6 is 0 Å². The first-order valence-corrected chi connectivity index (χ1v) is 6.43. The van der Waals surface area contributed by atoms with Crippen molar-refractivity contribution in [3.63, 3.8) is 0 Å². The molecule has 2 nitrogen and oxygen atoms in total. The summed E-state index contributed by atoms with van der Waals surface area (Å²) in [6.07, 6.45) is 6.77. The molecule has 0 saturated heterocycles. The van der Waals surface area contributed by atoms with Gasteiger partial charge in [-0.05, 0) is 39.9 Å². The lowest BCUT2D eigenvalue weighted by Gasteiger charge is -2.45. The summed E-state index contributed by atoms with van der Waals surface area (Å²) in [5.41, 5.74) is 0.407. The first-order chi connectivity index (χ1) is 7.08. The highest BCUT2D eigenvalue weighted by molar-refractivity contribution is 5.03. The Balaban J connectivity index is 2.85. The Morgan fingerprint density at radius 3 is 2.13 bits per heavy atom. The van der Waals surface area contributed by atoms with Crippen LogP contribution in [0.25, 0.3) is 0 Å². The van der Waals surface area contributed by atoms with Crippen molar-refractivity contribution in [1.29, 1.82) is 0 Å². The molecule has 2 heteroatoms. The Bertz CT molecular complexity index is 183. The van der Waals surface area contributed by atoms with Crippen molar-refractivity contribution in [1.82, 2.24) is 10.2 Å². The van der Waals surface area contributed by atoms with Crippen LogP contribution in [0.5, 0.6) is 0 Å². The van der Waals surface area contributed by atoms with E-state index >= 15 is 0 Å². The van der Waals surface area contributed by atoms with Gasteiger partial charge in [-0.1, -0.05) is 33.1 Å². The molecule has 2 unspecified atom stereocenters. The molecular weight excluding hydrogens is 184 g/mol. The molecule has 1 rings (SSSR count). The van der Waals surface area contributed by atoms with Crippen LogP contribution in [0.4, 0.5) is 0 Å². The van der Waals surface area contributed by atoms with Gasteiger partial charge in [0.05, 0.1) is 0 Å². The maximum Gasteiger partial charge on any atom is 0.0358 e. The Morgan fingerprint density at radius 2 is 1.80 bits per heavy atom. The van der Waals surface area contributed by atoms with Gasteiger partial charge in [0.2, 0.25) is 0 Å². The number of rotatable bonds is 5. The molecule has 15 heavy (non-hydrogen) atoms. The second-order valence-corrected chi connectivity index (χ2v) is 5.36. The van der Waals surface area contributed by atoms with E-state index in [1.54, 1.807) is 0 Å². The average Bonchev–Trinajstić information content (AvgIpc) is 2.69. The zero-order valence-corrected chi connectivity index (χ0v) is 11.1. The third-order valence-corrected chi connectivity index (χ3v) is 4.46. The maximum absolute atomic E-state index is 3.58. The predicted octanol–water partition coefficient (Wildman–Crippen LogP) is 2.49. The summed E-state index contributed by atoms with van der Waals surface area (Å²) in [4.78, 5) is 2.47. The lowest BCUT2D eigenvalue weighted by molar-refractivity contribution is 0.0804. The highest BCUT2D eigenvalue weighted by Gasteiger charge is 2.44. The van der Waals surface area contributed by atoms with Gasteiger partial charge in [-0.25, -0.2) is 0 Å². The number of likely N-dealkylation sites (N-methyl/N-ethyl adjacent to an activating group) is 2. The number of nitrogens with zero attached hydrogens (tertiary/aromatic N) is 1. The van der Waals surface area contributed by atoms with E-state index in [0.717, 1.165) is 5.92 Å². The first kappa shape index (κ1) is 13.0. The van der Waals surface area contributed by atoms with Gasteiger partial charge >= 0.3 is 0 Å². The van der Waals surface area contributed by atoms with Crippen molar-refractivity contribution in [2.75, 3.05) is 21.1 Å². The van der Waals surface area contributed by atoms with Gasteiger partial charge in [0, 0.05) is 11.6 Å². The summed E-state index contributed by atoms with van der Waals surface area (Å²) in [5.74, 6) is 0.760. The highest BCUT2D eigenvalue weighted by Crippen LogP contribution is 2.39. The van der Waals surface area contributed by atoms with Crippen LogP contribution in [0.1, 0.15) is 46.0 Å². The molecule has 0 aromatic rings. The van der Waals surface area contributed by atoms with Crippen molar-refractivity contribution < 1.29 is 0 Å². The fraction of sp³-hybridized carbons (Fsp3) is 1.00. The molecule has 0 radical (unpaired) electrons. The molecule has 90 valence electrons. The van der Waals surface area contributed by atoms with Gasteiger partial charge in [-0.3, -0.25) is 0 Å². The largest absolute Gasteiger partial charge is 0.315 e. The molecule has 0 heterocycles. The normalized spacial score (nSPS) is 24.4. The minimum Gasteiger partial charge on any atom is -0.315 e. The lowest BCUT2D eigenvalue weighted by Crippen LogP contribution is -2.59. The zero-order valence-electron chi connectivity index (χ0n) is 11.1. The van der Waals surface area contributed by atoms with Crippen LogP contribution in [-0.2, 0) is 0 Å². The Kier molecular flexibility index (Phi) is 4.60. The van der Waals surface area contributed by atoms with E-state index in [1.165, 1.54) is 32.1 Å². The van der Waals surface area contributed by atoms with E-state index in [4.69, 9.17) is 0 Å². The molecule has 1 saturated carbocycles. The monoisotopic (exact) mass is 212 g/mol. The van der Waals surface area contributed by atoms with Gasteiger partial charge in [0.15, 0.2) is 0 Å². The SMILES string of the molecule is CCC(C)C(NC)C1(N(C)C)CCCC1. The molecule has 0 aromatic carbocycles. The third kappa shape index (κ3) is 2.36. The highest BCUT2D eigenvalue weighted by atomic mass is 15.2. The molecule has 0 bridgehead atoms. The smallest absolute Gasteiger partial charge is 0.0358 e. The van der Waals surface area contributed by atoms with Crippen LogP contribution in [0, 0.1) is 5.92 Å². The topological polar surface area (TPSA) is 15.3 Å². The molecule has 0 aromatic heterocycles. The molecule has 0 spiro atoms. The Hall–Kier alpha value is -0.0800. The van der Waals surface area contributed by atoms with Crippen molar-refractivity contribution in [3.8, 4) is 0 Å². The van der Waals surface area contributed by atoms with Crippen molar-refractivity contribution >= 4 is 0 Å². The fourth-order valence-corrected chi connectivity index (χ4v) is 3.34. The molecule has 0 amide bonds. The minimum atomic E-state index is 0.407. The van der Waals surface area contributed by atoms with Gasteiger partial charge < -0.3 is 10.2 Å². The molecule has 1 aliphatic carbocycles. The van der Waals surface area contributed by atoms with Crippen LogP contribution in [-0.4, -0.2) is 37.6 Å². The summed E-state index contributed by atoms with van der Waals surface area (Å²) in [6.45, 7) is 4.68. The molecule has 1 fully saturated rings. The summed E-state index contributed by atoms with van der Waals surface area (Å²) in [5, 5.41) is 3.58. The summed E-state index contributed by atoms with van der Waals surface area (Å²) in [7, 11) is 6.62. The lowest BCUT2D eigenvalue weighted by atomic mass is 9.79. The van der Waals surface area contributed by atoms with Gasteiger partial charge in [-0.2, -0.15) is 0 Å². The summed E-state index contributed by atoms with van der Waals surface area (Å²) in [6, 6.07) is 0.639. The Labute approximate surface area is 95.4 Å². The zero-order chi connectivity index (χ0) is 11.5. The predicted molar refractivity (Wildman–Crippen MR) is 67.2 cm³/mol. The van der Waals surface area contributed by atoms with E-state index in [2.05, 4.69) is 45.2 Å². The maximum atomic E-state index is 3.58. The van der Waals surface area contributed by atoms with Crippen molar-refractivity contribution in [2.45, 2.75) is 57.5 Å². The molecule has 2 atom stereocenters. The van der Waals surface area contributed by atoms with Gasteiger partial charge in [0.25, 0.3) is 0 Å². The van der Waals surface area contributed by atoms with Crippen LogP contribution in [0.2, 0.25) is 0 Å². The molecule has 0 aliphatic heterocycles. The molecule has 1 aliphatic rings. The summed E-state index contributed by atoms with van der Waals surface area (Å²) < 4.78 is 0. The molecule has 1 N–H and O–H groups in total. The average molecular weight is 212 g/mol. The second kappa shape index (κ2) is 5.31. The van der Waals surface area contributed by atoms with Crippen LogP contribution < -0.4 is 5.32 Å². The standard InChI is InChI=1S/C13H28N2/c1-6-11(2)12(14-3)13(15(4)5)9-7-8-10-13/h11-12,14H,6-10H2,1-5H3. The van der Waals surface area contributed by atoms with E-state index < -0.39 is 0 Å². The van der Waals surface area contributed by atoms with Crippen molar-refractivity contribution in [3.05, 3.63) is 0 Å². The minimum absolute atomic E-state index is 0.407. The van der Waals surface area contributed by atoms with E-state index in [-0.39, 0.29) is 0 Å². The number of hydrogen-bond acceptors (Lipinski definition) is 2. The van der Waals surface area contributed by atoms with E-state index in [1.807, 2.05) is 0 Å². The van der Waals surface area contributed by atoms with Crippen LogP contribution in [0.3, 0.4) is 0 Å². The van der Waals surface area contributed by atoms with E-state index in [9.17, 15) is 0 Å². The number of hydrogen-bond donors (Lipinski definition) is 1. The van der Waals surface area contributed by atoms with Crippen molar-refractivity contribution in [2.24, 2.45) is 5.92 Å². The fourth-order valence-electron chi connectivity index (χ4n) is 3.34. The van der Waals surface area contributed by atoms with Crippen LogP contribution in [0.15, 0.2) is 0 Å². The summed E-state index contributed by atoms with van der Waals surface area (Å²) >= 11 is 0. The second-order valence-electron chi connectivity index (χ2n) is 5.36. The number of nitrogens with one attached hydrogen (secondary N) is 1. The quantitative estimate of drug-likeness (QED) is 0.753. The molecular formula is C13H28N2. The van der Waals surface area contributed by atoms with Gasteiger partial charge in [0.1, 0.15) is 0 Å². The Morgan fingerprint density at radius 1 is 1.27 bits per heavy atom. The third-order valence-electron chi connectivity index (χ3n) is 4.46. The van der Waals surface area contributed by atoms with Gasteiger partial charge in [-0.15, -0.1) is 0 Å². The van der Waals surface area contributed by atoms with E-state index in [0.29, 0.717) is 11.6 Å².